The first-order chi connectivity index (χ1) is 12.8. The van der Waals surface area contributed by atoms with E-state index in [9.17, 15) is 19.2 Å². The number of Topliss-reactive ketones (excluding diaryl/α,β-unsaturated/α-hetero) is 1. The first kappa shape index (κ1) is 20.4. The van der Waals surface area contributed by atoms with Gasteiger partial charge in [-0.2, -0.15) is 0 Å². The fraction of sp³-hybridized carbons (Fsp3) is 0.474. The first-order valence-electron chi connectivity index (χ1n) is 8.91. The molecule has 2 amide bonds. The first-order valence-corrected chi connectivity index (χ1v) is 8.91. The lowest BCUT2D eigenvalue weighted by atomic mass is 10.1. The van der Waals surface area contributed by atoms with Crippen molar-refractivity contribution >= 4 is 29.3 Å². The van der Waals surface area contributed by atoms with Gasteiger partial charge in [-0.25, -0.2) is 0 Å². The van der Waals surface area contributed by atoms with Crippen LogP contribution in [0, 0.1) is 0 Å². The van der Waals surface area contributed by atoms with Crippen LogP contribution in [-0.2, 0) is 14.4 Å². The molecule has 0 radical (unpaired) electrons. The summed E-state index contributed by atoms with van der Waals surface area (Å²) in [5, 5.41) is 11.3. The van der Waals surface area contributed by atoms with Crippen molar-refractivity contribution in [1.29, 1.82) is 0 Å². The summed E-state index contributed by atoms with van der Waals surface area (Å²) in [6.45, 7) is 3.28. The molecule has 1 heterocycles. The Morgan fingerprint density at radius 1 is 1.22 bits per heavy atom. The van der Waals surface area contributed by atoms with Gasteiger partial charge in [0.15, 0.2) is 11.9 Å². The number of fused-ring (bicyclic) bond motifs is 1. The zero-order valence-electron chi connectivity index (χ0n) is 15.5. The number of carboxylic acids is 1. The second-order valence-corrected chi connectivity index (χ2v) is 6.48. The Kier molecular flexibility index (Phi) is 6.92. The van der Waals surface area contributed by atoms with Crippen LogP contribution in [-0.4, -0.2) is 47.9 Å². The Morgan fingerprint density at radius 3 is 2.63 bits per heavy atom. The fourth-order valence-corrected chi connectivity index (χ4v) is 2.79. The number of hydrogen-bond acceptors (Lipinski definition) is 5. The number of ether oxygens (including phenoxy) is 1. The number of benzene rings is 1. The molecular formula is C19H24N2O6. The van der Waals surface area contributed by atoms with E-state index in [1.54, 1.807) is 25.1 Å². The average molecular weight is 376 g/mol. The van der Waals surface area contributed by atoms with E-state index in [0.29, 0.717) is 42.8 Å². The predicted octanol–water partition coefficient (Wildman–Crippen LogP) is 1.76. The molecule has 0 aliphatic carbocycles. The van der Waals surface area contributed by atoms with Crippen LogP contribution in [0.3, 0.4) is 0 Å². The molecule has 1 unspecified atom stereocenters. The summed E-state index contributed by atoms with van der Waals surface area (Å²) < 4.78 is 5.55. The topological polar surface area (TPSA) is 113 Å². The standard InChI is InChI=1S/C19H24N2O6/c1-12(22)14-7-8-16-15(10-14)21(19(26)13(2)27-16)11-17(23)20-9-5-3-4-6-18(24)25/h7-8,10,13H,3-6,9,11H2,1-2H3,(H,20,23)(H,24,25). The molecule has 1 aromatic rings. The summed E-state index contributed by atoms with van der Waals surface area (Å²) in [7, 11) is 0. The molecule has 0 spiro atoms. The summed E-state index contributed by atoms with van der Waals surface area (Å²) in [6.07, 6.45) is 1.32. The van der Waals surface area contributed by atoms with Gasteiger partial charge in [0.2, 0.25) is 5.91 Å². The lowest BCUT2D eigenvalue weighted by Gasteiger charge is -2.32. The quantitative estimate of drug-likeness (QED) is 0.502. The number of unbranched alkanes of at least 4 members (excludes halogenated alkanes) is 2. The molecule has 0 saturated carbocycles. The van der Waals surface area contributed by atoms with Crippen molar-refractivity contribution in [3.8, 4) is 5.75 Å². The van der Waals surface area contributed by atoms with Crippen molar-refractivity contribution in [3.63, 3.8) is 0 Å². The summed E-state index contributed by atoms with van der Waals surface area (Å²) in [5.41, 5.74) is 0.839. The SMILES string of the molecule is CC(=O)c1ccc2c(c1)N(CC(=O)NCCCCCC(=O)O)C(=O)C(C)O2. The second-order valence-electron chi connectivity index (χ2n) is 6.48. The molecule has 0 bridgehead atoms. The lowest BCUT2D eigenvalue weighted by molar-refractivity contribution is -0.137. The van der Waals surface area contributed by atoms with Gasteiger partial charge < -0.3 is 15.2 Å². The number of rotatable bonds is 9. The Morgan fingerprint density at radius 2 is 1.96 bits per heavy atom. The van der Waals surface area contributed by atoms with Gasteiger partial charge in [0.25, 0.3) is 5.91 Å². The van der Waals surface area contributed by atoms with Crippen molar-refractivity contribution in [2.45, 2.75) is 45.6 Å². The zero-order chi connectivity index (χ0) is 20.0. The summed E-state index contributed by atoms with van der Waals surface area (Å²) in [4.78, 5) is 48.1. The minimum absolute atomic E-state index is 0.114. The highest BCUT2D eigenvalue weighted by Crippen LogP contribution is 2.34. The van der Waals surface area contributed by atoms with E-state index in [1.165, 1.54) is 11.8 Å². The third-order valence-corrected chi connectivity index (χ3v) is 4.27. The monoisotopic (exact) mass is 376 g/mol. The number of nitrogens with one attached hydrogen (secondary N) is 1. The van der Waals surface area contributed by atoms with Crippen molar-refractivity contribution in [3.05, 3.63) is 23.8 Å². The van der Waals surface area contributed by atoms with E-state index in [-0.39, 0.29) is 30.6 Å². The van der Waals surface area contributed by atoms with Crippen molar-refractivity contribution < 1.29 is 29.0 Å². The maximum Gasteiger partial charge on any atom is 0.303 e. The molecule has 0 fully saturated rings. The van der Waals surface area contributed by atoms with Gasteiger partial charge in [-0.15, -0.1) is 0 Å². The van der Waals surface area contributed by atoms with Crippen molar-refractivity contribution in [2.75, 3.05) is 18.0 Å². The Hall–Kier alpha value is -2.90. The Bertz CT molecular complexity index is 746. The predicted molar refractivity (Wildman–Crippen MR) is 98.0 cm³/mol. The number of nitrogens with zero attached hydrogens (tertiary/aromatic N) is 1. The van der Waals surface area contributed by atoms with Gasteiger partial charge in [0, 0.05) is 18.5 Å². The molecule has 8 nitrogen and oxygen atoms in total. The second kappa shape index (κ2) is 9.16. The van der Waals surface area contributed by atoms with E-state index < -0.39 is 12.1 Å². The third kappa shape index (κ3) is 5.54. The maximum absolute atomic E-state index is 12.5. The number of carbonyl (C=O) groups is 4. The van der Waals surface area contributed by atoms with E-state index in [0.717, 1.165) is 0 Å². The van der Waals surface area contributed by atoms with Gasteiger partial charge >= 0.3 is 5.97 Å². The van der Waals surface area contributed by atoms with E-state index in [2.05, 4.69) is 5.32 Å². The van der Waals surface area contributed by atoms with E-state index in [4.69, 9.17) is 9.84 Å². The van der Waals surface area contributed by atoms with Crippen LogP contribution in [0.15, 0.2) is 18.2 Å². The molecule has 2 rings (SSSR count). The molecule has 1 atom stereocenters. The molecule has 1 aliphatic heterocycles. The lowest BCUT2D eigenvalue weighted by Crippen LogP contribution is -2.49. The molecule has 1 aliphatic rings. The number of amides is 2. The van der Waals surface area contributed by atoms with Gasteiger partial charge in [0.1, 0.15) is 12.3 Å². The number of carboxylic acid groups (broad SMARTS) is 1. The van der Waals surface area contributed by atoms with Gasteiger partial charge in [-0.1, -0.05) is 6.42 Å². The van der Waals surface area contributed by atoms with Crippen molar-refractivity contribution in [2.24, 2.45) is 0 Å². The number of ketones is 1. The van der Waals surface area contributed by atoms with Crippen LogP contribution in [0.25, 0.3) is 0 Å². The number of carbonyl (C=O) groups excluding carboxylic acids is 3. The largest absolute Gasteiger partial charge is 0.481 e. The Balaban J connectivity index is 1.97. The smallest absolute Gasteiger partial charge is 0.303 e. The van der Waals surface area contributed by atoms with Crippen LogP contribution in [0.4, 0.5) is 5.69 Å². The van der Waals surface area contributed by atoms with Gasteiger partial charge in [0.05, 0.1) is 5.69 Å². The molecule has 0 saturated heterocycles. The molecule has 146 valence electrons. The van der Waals surface area contributed by atoms with Crippen LogP contribution in [0.5, 0.6) is 5.75 Å². The Labute approximate surface area is 157 Å². The van der Waals surface area contributed by atoms with Gasteiger partial charge in [-0.05, 0) is 44.9 Å². The summed E-state index contributed by atoms with van der Waals surface area (Å²) in [6, 6.07) is 4.81. The average Bonchev–Trinajstić information content (AvgIpc) is 2.61. The number of anilines is 1. The number of hydrogen-bond donors (Lipinski definition) is 2. The molecule has 27 heavy (non-hydrogen) atoms. The minimum Gasteiger partial charge on any atom is -0.481 e. The molecular weight excluding hydrogens is 352 g/mol. The number of aliphatic carboxylic acids is 1. The molecule has 0 aromatic heterocycles. The van der Waals surface area contributed by atoms with Crippen LogP contribution >= 0.6 is 0 Å². The fourth-order valence-electron chi connectivity index (χ4n) is 2.79. The van der Waals surface area contributed by atoms with Crippen LogP contribution in [0.1, 0.15) is 49.9 Å². The van der Waals surface area contributed by atoms with Crippen molar-refractivity contribution in [1.82, 2.24) is 5.32 Å². The molecule has 8 heteroatoms. The summed E-state index contributed by atoms with van der Waals surface area (Å²) >= 11 is 0. The normalized spacial score (nSPS) is 15.7. The highest BCUT2D eigenvalue weighted by molar-refractivity contribution is 6.05. The van der Waals surface area contributed by atoms with Gasteiger partial charge in [-0.3, -0.25) is 24.1 Å². The zero-order valence-corrected chi connectivity index (χ0v) is 15.5. The van der Waals surface area contributed by atoms with E-state index in [1.807, 2.05) is 0 Å². The maximum atomic E-state index is 12.5. The molecule has 2 N–H and O–H groups in total. The third-order valence-electron chi connectivity index (χ3n) is 4.27. The summed E-state index contributed by atoms with van der Waals surface area (Å²) in [5.74, 6) is -1.19. The minimum atomic E-state index is -0.831. The van der Waals surface area contributed by atoms with Crippen LogP contribution in [0.2, 0.25) is 0 Å². The highest BCUT2D eigenvalue weighted by Gasteiger charge is 2.33. The van der Waals surface area contributed by atoms with E-state index >= 15 is 0 Å². The van der Waals surface area contributed by atoms with Crippen LogP contribution < -0.4 is 15.0 Å². The highest BCUT2D eigenvalue weighted by atomic mass is 16.5. The molecule has 1 aromatic carbocycles.